The van der Waals surface area contributed by atoms with Crippen LogP contribution in [-0.2, 0) is 32.9 Å². The molecule has 0 unspecified atom stereocenters. The van der Waals surface area contributed by atoms with Crippen molar-refractivity contribution in [2.24, 2.45) is 5.73 Å². The van der Waals surface area contributed by atoms with Crippen molar-refractivity contribution in [3.05, 3.63) is 0 Å². The molecule has 1 amide bonds. The first kappa shape index (κ1) is 46.3. The number of esters is 2. The number of ether oxygens (including phenoxy) is 2. The molecule has 0 rings (SSSR count). The van der Waals surface area contributed by atoms with Gasteiger partial charge >= 0.3 is 71.1 Å². The quantitative estimate of drug-likeness (QED) is 0.0491. The zero-order valence-electron chi connectivity index (χ0n) is 24.3. The molecule has 2 N–H and O–H groups in total. The molecule has 0 bridgehead atoms. The molecular weight excluding hydrogens is 571 g/mol. The number of carbonyl (C=O) groups is 3. The van der Waals surface area contributed by atoms with E-state index in [1.54, 1.807) is 0 Å². The van der Waals surface area contributed by atoms with Gasteiger partial charge in [0.05, 0.1) is 14.4 Å². The molecule has 13 heteroatoms. The molecular formula is C28H52NNa2O9P. The second-order valence-electron chi connectivity index (χ2n) is 7.79. The van der Waals surface area contributed by atoms with E-state index < -0.39 is 39.1 Å². The van der Waals surface area contributed by atoms with E-state index in [-0.39, 0.29) is 84.3 Å². The van der Waals surface area contributed by atoms with Crippen molar-refractivity contribution < 1.29 is 115 Å². The number of nitrogens with two attached hydrogens (primary N) is 1. The Bertz CT molecular complexity index is 1130. The number of primary amides is 1. The molecule has 0 heterocycles. The maximum absolute atomic E-state index is 12.0. The van der Waals surface area contributed by atoms with Crippen molar-refractivity contribution in [3.63, 3.8) is 0 Å². The van der Waals surface area contributed by atoms with Crippen LogP contribution in [0.4, 0.5) is 0 Å². The summed E-state index contributed by atoms with van der Waals surface area (Å²) in [6.45, 7) is 2.15. The van der Waals surface area contributed by atoms with Crippen LogP contribution in [-0.4, -0.2) is 37.2 Å². The van der Waals surface area contributed by atoms with Crippen LogP contribution in [0.3, 0.4) is 0 Å². The number of amides is 1. The van der Waals surface area contributed by atoms with E-state index in [9.17, 15) is 28.7 Å². The summed E-state index contributed by atoms with van der Waals surface area (Å²) in [5.41, 5.74) is 4.47. The third-order valence-corrected chi connectivity index (χ3v) is 4.68. The Hall–Kier alpha value is -1.68. The third-order valence-electron chi connectivity index (χ3n) is 4.21. The predicted octanol–water partition coefficient (Wildman–Crippen LogP) is -2.43. The Morgan fingerprint density at radius 3 is 1.80 bits per heavy atom. The van der Waals surface area contributed by atoms with Crippen LogP contribution >= 0.6 is 7.82 Å². The van der Waals surface area contributed by atoms with E-state index in [1.807, 2.05) is 0 Å². The first-order chi connectivity index (χ1) is 18.5. The van der Waals surface area contributed by atoms with Crippen molar-refractivity contribution in [2.45, 2.75) is 84.2 Å². The van der Waals surface area contributed by atoms with Crippen LogP contribution < -0.4 is 74.6 Å². The molecule has 0 aromatic heterocycles. The summed E-state index contributed by atoms with van der Waals surface area (Å²) in [5, 5.41) is 0. The van der Waals surface area contributed by atoms with Gasteiger partial charge in [-0.3, -0.25) is 9.59 Å². The molecule has 0 aliphatic carbocycles. The van der Waals surface area contributed by atoms with Gasteiger partial charge in [-0.05, 0) is 53.8 Å². The summed E-state index contributed by atoms with van der Waals surface area (Å²) < 4.78 is 24.8. The van der Waals surface area contributed by atoms with Crippen molar-refractivity contribution in [3.8, 4) is 59.7 Å². The molecule has 230 valence electrons. The summed E-state index contributed by atoms with van der Waals surface area (Å²) in [6, 6.07) is 0. The Kier molecular flexibility index (Phi) is 37.1. The van der Waals surface area contributed by atoms with Gasteiger partial charge < -0.3 is 34.1 Å². The molecule has 0 radical (unpaired) electrons. The zero-order chi connectivity index (χ0) is 29.8. The summed E-state index contributed by atoms with van der Waals surface area (Å²) in [6.07, 6.45) is 13.4. The number of hydrogen-bond donors (Lipinski definition) is 1. The SMILES string of the molecule is C#CC#CC#CC#CC#CC(=O)OC[C@H](COP(=O)([O-])[O-])OC(=O)CCCCCCCCCCC.CC(N)=O.[HH].[HH].[HH].[HH].[HH].[HH].[HH].[HH].[HH].[Na+].[Na+]. The van der Waals surface area contributed by atoms with Crippen LogP contribution in [0.2, 0.25) is 0 Å². The molecule has 1 atom stereocenters. The molecule has 0 aromatic carbocycles. The molecule has 0 spiro atoms. The number of unbranched alkanes of at least 4 members (excludes halogenated alkanes) is 8. The average Bonchev–Trinajstić information content (AvgIpc) is 2.85. The predicted molar refractivity (Wildman–Crippen MR) is 160 cm³/mol. The molecule has 0 aromatic rings. The van der Waals surface area contributed by atoms with E-state index >= 15 is 0 Å². The van der Waals surface area contributed by atoms with Crippen LogP contribution in [0.1, 0.15) is 90.9 Å². The summed E-state index contributed by atoms with van der Waals surface area (Å²) in [5.74, 6) is 18.2. The summed E-state index contributed by atoms with van der Waals surface area (Å²) in [4.78, 5) is 54.4. The van der Waals surface area contributed by atoms with Crippen molar-refractivity contribution in [1.29, 1.82) is 0 Å². The molecule has 0 aliphatic rings. The van der Waals surface area contributed by atoms with Crippen molar-refractivity contribution >= 4 is 25.7 Å². The maximum atomic E-state index is 12.0. The minimum atomic E-state index is -5.30. The Morgan fingerprint density at radius 2 is 1.32 bits per heavy atom. The number of hydrogen-bond acceptors (Lipinski definition) is 9. The van der Waals surface area contributed by atoms with E-state index in [0.29, 0.717) is 6.42 Å². The third kappa shape index (κ3) is 42.9. The second-order valence-corrected chi connectivity index (χ2v) is 8.94. The van der Waals surface area contributed by atoms with E-state index in [1.165, 1.54) is 39.0 Å². The fraction of sp³-hybridized carbons (Fsp3) is 0.536. The minimum Gasteiger partial charge on any atom is -0.790 e. The van der Waals surface area contributed by atoms with Gasteiger partial charge in [-0.25, -0.2) is 4.79 Å². The van der Waals surface area contributed by atoms with Gasteiger partial charge in [0, 0.05) is 32.1 Å². The van der Waals surface area contributed by atoms with Gasteiger partial charge in [0.1, 0.15) is 6.61 Å². The monoisotopic (exact) mass is 623 g/mol. The van der Waals surface area contributed by atoms with Gasteiger partial charge in [0.25, 0.3) is 0 Å². The molecule has 0 saturated heterocycles. The molecule has 0 aliphatic heterocycles. The largest absolute Gasteiger partial charge is 1.00 e. The van der Waals surface area contributed by atoms with Gasteiger partial charge in [-0.1, -0.05) is 58.3 Å². The average molecular weight is 624 g/mol. The smallest absolute Gasteiger partial charge is 0.790 e. The number of phosphoric ester groups is 1. The number of carbonyl (C=O) groups excluding carboxylic acids is 3. The topological polar surface area (TPSA) is 168 Å². The number of terminal acetylenes is 1. The maximum Gasteiger partial charge on any atom is 1.00 e. The molecule has 0 saturated carbocycles. The normalized spacial score (nSPS) is 9.44. The Labute approximate surface area is 301 Å². The van der Waals surface area contributed by atoms with Crippen LogP contribution in [0.15, 0.2) is 0 Å². The van der Waals surface area contributed by atoms with E-state index in [2.05, 4.69) is 70.5 Å². The zero-order valence-corrected chi connectivity index (χ0v) is 29.2. The Morgan fingerprint density at radius 1 is 0.854 bits per heavy atom. The van der Waals surface area contributed by atoms with Crippen LogP contribution in [0, 0.1) is 59.7 Å². The van der Waals surface area contributed by atoms with Crippen molar-refractivity contribution in [1.82, 2.24) is 0 Å². The van der Waals surface area contributed by atoms with E-state index in [4.69, 9.17) is 15.9 Å². The summed E-state index contributed by atoms with van der Waals surface area (Å²) in [7, 11) is -5.30. The van der Waals surface area contributed by atoms with E-state index in [0.717, 1.165) is 19.3 Å². The van der Waals surface area contributed by atoms with Gasteiger partial charge in [0.15, 0.2) is 6.10 Å². The number of rotatable bonds is 16. The fourth-order valence-electron chi connectivity index (χ4n) is 2.59. The standard InChI is InChI=1S/C26H31O8P.C2H5NO.2Na.9H2/c1-3-5-7-9-11-13-15-17-19-21-26(28)34-24(23-33-35(29,30)31)22-32-25(27)20-18-16-14-12-10-8-6-4-2;1-2(3)4;;;;;;;;;;;/h2,24H,3,5,7,9,11,13,15,17,19,21-23H2,1H3,(H2,29,30,31);1H3,(H2,3,4);;;9*1H/q;;2*+1;;;;;;;;;/p-2/t24-;;;;;;;;;;;;/m1............/s1. The molecule has 41 heavy (non-hydrogen) atoms. The van der Waals surface area contributed by atoms with Gasteiger partial charge in [-0.2, -0.15) is 0 Å². The van der Waals surface area contributed by atoms with Crippen molar-refractivity contribution in [2.75, 3.05) is 13.2 Å². The second kappa shape index (κ2) is 32.8. The molecule has 10 nitrogen and oxygen atoms in total. The Balaban J connectivity index is -0.0000000784. The first-order valence-corrected chi connectivity index (χ1v) is 13.7. The number of phosphoric acid groups is 1. The molecule has 0 fully saturated rings. The van der Waals surface area contributed by atoms with Crippen LogP contribution in [0.25, 0.3) is 0 Å². The first-order valence-electron chi connectivity index (χ1n) is 12.3. The summed E-state index contributed by atoms with van der Waals surface area (Å²) >= 11 is 0. The van der Waals surface area contributed by atoms with Crippen LogP contribution in [0.5, 0.6) is 0 Å². The fourth-order valence-corrected chi connectivity index (χ4v) is 2.94. The minimum absolute atomic E-state index is 0. The van der Waals surface area contributed by atoms with Gasteiger partial charge in [-0.15, -0.1) is 6.42 Å². The van der Waals surface area contributed by atoms with Gasteiger partial charge in [0.2, 0.25) is 5.91 Å².